The van der Waals surface area contributed by atoms with E-state index in [4.69, 9.17) is 9.47 Å². The van der Waals surface area contributed by atoms with Crippen LogP contribution in [-0.4, -0.2) is 53.1 Å². The second-order valence-corrected chi connectivity index (χ2v) is 9.37. The van der Waals surface area contributed by atoms with Crippen molar-refractivity contribution in [3.8, 4) is 11.5 Å². The molecule has 1 aromatic carbocycles. The minimum atomic E-state index is -0.350. The van der Waals surface area contributed by atoms with Crippen LogP contribution in [0.1, 0.15) is 41.4 Å². The zero-order valence-corrected chi connectivity index (χ0v) is 20.5. The van der Waals surface area contributed by atoms with Gasteiger partial charge in [0.15, 0.2) is 11.5 Å². The number of rotatable bonds is 6. The van der Waals surface area contributed by atoms with E-state index >= 15 is 0 Å². The van der Waals surface area contributed by atoms with Crippen molar-refractivity contribution in [1.29, 1.82) is 0 Å². The number of ether oxygens (including phenoxy) is 2. The van der Waals surface area contributed by atoms with Crippen molar-refractivity contribution >= 4 is 39.1 Å². The minimum Gasteiger partial charge on any atom is -0.493 e. The van der Waals surface area contributed by atoms with Gasteiger partial charge >= 0.3 is 0 Å². The summed E-state index contributed by atoms with van der Waals surface area (Å²) in [6.45, 7) is 4.41. The number of piperidine rings is 1. The Morgan fingerprint density at radius 3 is 2.68 bits per heavy atom. The molecule has 0 aliphatic carbocycles. The zero-order chi connectivity index (χ0) is 24.4. The number of hydrogen-bond donors (Lipinski definition) is 1. The van der Waals surface area contributed by atoms with Crippen LogP contribution < -0.4 is 20.3 Å². The van der Waals surface area contributed by atoms with Crippen LogP contribution in [0.2, 0.25) is 0 Å². The van der Waals surface area contributed by atoms with Crippen LogP contribution in [0.4, 0.5) is 5.69 Å². The van der Waals surface area contributed by atoms with E-state index in [1.807, 2.05) is 11.8 Å². The summed E-state index contributed by atoms with van der Waals surface area (Å²) in [5.74, 6) is 0.606. The zero-order valence-electron chi connectivity index (χ0n) is 19.7. The first-order valence-electron chi connectivity index (χ1n) is 11.2. The Bertz CT molecular complexity index is 1300. The third-order valence-electron chi connectivity index (χ3n) is 6.19. The molecular weight excluding hydrogens is 456 g/mol. The molecule has 1 N–H and O–H groups in total. The molecule has 1 atom stereocenters. The number of aryl methyl sites for hydroxylation is 1. The van der Waals surface area contributed by atoms with Crippen molar-refractivity contribution in [3.63, 3.8) is 0 Å². The van der Waals surface area contributed by atoms with Crippen molar-refractivity contribution < 1.29 is 19.1 Å². The molecule has 2 aromatic heterocycles. The van der Waals surface area contributed by atoms with Crippen LogP contribution in [-0.2, 0) is 11.3 Å². The molecule has 1 aliphatic heterocycles. The highest BCUT2D eigenvalue weighted by Gasteiger charge is 2.25. The average molecular weight is 485 g/mol. The number of amides is 2. The first kappa shape index (κ1) is 23.7. The van der Waals surface area contributed by atoms with Gasteiger partial charge in [-0.2, -0.15) is 0 Å². The largest absolute Gasteiger partial charge is 0.493 e. The van der Waals surface area contributed by atoms with E-state index in [9.17, 15) is 14.4 Å². The standard InChI is InChI=1S/C24H28N4O5S/c1-14-7-5-6-10-28(14)19(29)12-27-13-25-23-20(24(27)31)15(2)21(34-23)22(30)26-16-8-9-17(32-3)18(11-16)33-4/h8-9,11,13-14H,5-7,10,12H2,1-4H3,(H,26,30)/t14-/m0/s1. The highest BCUT2D eigenvalue weighted by molar-refractivity contribution is 7.20. The van der Waals surface area contributed by atoms with Crippen LogP contribution in [0.3, 0.4) is 0 Å². The van der Waals surface area contributed by atoms with E-state index in [1.165, 1.54) is 25.1 Å². The van der Waals surface area contributed by atoms with Crippen molar-refractivity contribution in [2.75, 3.05) is 26.1 Å². The summed E-state index contributed by atoms with van der Waals surface area (Å²) in [6.07, 6.45) is 4.45. The summed E-state index contributed by atoms with van der Waals surface area (Å²) >= 11 is 1.15. The van der Waals surface area contributed by atoms with E-state index in [0.717, 1.165) is 30.6 Å². The number of carbonyl (C=O) groups is 2. The Morgan fingerprint density at radius 1 is 1.21 bits per heavy atom. The van der Waals surface area contributed by atoms with Crippen LogP contribution in [0, 0.1) is 6.92 Å². The summed E-state index contributed by atoms with van der Waals surface area (Å²) < 4.78 is 11.9. The molecule has 180 valence electrons. The van der Waals surface area contributed by atoms with Gasteiger partial charge in [0.25, 0.3) is 11.5 Å². The molecule has 1 saturated heterocycles. The van der Waals surface area contributed by atoms with Gasteiger partial charge in [-0.05, 0) is 50.8 Å². The fraction of sp³-hybridized carbons (Fsp3) is 0.417. The van der Waals surface area contributed by atoms with Crippen molar-refractivity contribution in [2.45, 2.75) is 45.7 Å². The van der Waals surface area contributed by atoms with Gasteiger partial charge in [-0.15, -0.1) is 11.3 Å². The number of benzene rings is 1. The highest BCUT2D eigenvalue weighted by atomic mass is 32.1. The fourth-order valence-electron chi connectivity index (χ4n) is 4.30. The molecule has 3 heterocycles. The fourth-order valence-corrected chi connectivity index (χ4v) is 5.33. The number of anilines is 1. The Labute approximate surface area is 201 Å². The van der Waals surface area contributed by atoms with E-state index < -0.39 is 0 Å². The lowest BCUT2D eigenvalue weighted by molar-refractivity contribution is -0.135. The molecule has 0 bridgehead atoms. The predicted molar refractivity (Wildman–Crippen MR) is 131 cm³/mol. The second-order valence-electron chi connectivity index (χ2n) is 8.37. The molecule has 4 rings (SSSR count). The van der Waals surface area contributed by atoms with E-state index in [0.29, 0.717) is 44.4 Å². The maximum atomic E-state index is 13.2. The van der Waals surface area contributed by atoms with Gasteiger partial charge in [-0.3, -0.25) is 19.0 Å². The lowest BCUT2D eigenvalue weighted by Gasteiger charge is -2.33. The maximum Gasteiger partial charge on any atom is 0.266 e. The first-order chi connectivity index (χ1) is 16.3. The summed E-state index contributed by atoms with van der Waals surface area (Å²) in [7, 11) is 3.06. The summed E-state index contributed by atoms with van der Waals surface area (Å²) in [5.41, 5.74) is 0.761. The number of methoxy groups -OCH3 is 2. The van der Waals surface area contributed by atoms with Crippen molar-refractivity contribution in [1.82, 2.24) is 14.5 Å². The average Bonchev–Trinajstić information content (AvgIpc) is 3.18. The van der Waals surface area contributed by atoms with Gasteiger partial charge < -0.3 is 19.7 Å². The Kier molecular flexibility index (Phi) is 6.87. The van der Waals surface area contributed by atoms with E-state index in [1.54, 1.807) is 25.1 Å². The number of carbonyl (C=O) groups excluding carboxylic acids is 2. The third kappa shape index (κ3) is 4.50. The first-order valence-corrected chi connectivity index (χ1v) is 12.0. The lowest BCUT2D eigenvalue weighted by Crippen LogP contribution is -2.44. The van der Waals surface area contributed by atoms with Crippen molar-refractivity contribution in [2.24, 2.45) is 0 Å². The topological polar surface area (TPSA) is 103 Å². The minimum absolute atomic E-state index is 0.0609. The number of likely N-dealkylation sites (tertiary alicyclic amines) is 1. The molecule has 3 aromatic rings. The van der Waals surface area contributed by atoms with Crippen molar-refractivity contribution in [3.05, 3.63) is 45.3 Å². The number of nitrogens with zero attached hydrogens (tertiary/aromatic N) is 3. The molecule has 10 heteroatoms. The number of nitrogens with one attached hydrogen (secondary N) is 1. The van der Waals surface area contributed by atoms with Gasteiger partial charge in [0.1, 0.15) is 11.4 Å². The summed E-state index contributed by atoms with van der Waals surface area (Å²) in [4.78, 5) is 46.1. The molecule has 2 amide bonds. The van der Waals surface area contributed by atoms with Crippen LogP contribution in [0.15, 0.2) is 29.3 Å². The number of fused-ring (bicyclic) bond motifs is 1. The monoisotopic (exact) mass is 484 g/mol. The van der Waals surface area contributed by atoms with Crippen LogP contribution in [0.25, 0.3) is 10.2 Å². The summed E-state index contributed by atoms with van der Waals surface area (Å²) in [5, 5.41) is 3.20. The van der Waals surface area contributed by atoms with Crippen LogP contribution >= 0.6 is 11.3 Å². The molecule has 0 saturated carbocycles. The highest BCUT2D eigenvalue weighted by Crippen LogP contribution is 2.31. The number of aromatic nitrogens is 2. The Hall–Kier alpha value is -3.40. The SMILES string of the molecule is COc1ccc(NC(=O)c2sc3ncn(CC(=O)N4CCCC[C@@H]4C)c(=O)c3c2C)cc1OC. The number of hydrogen-bond acceptors (Lipinski definition) is 7. The molecule has 9 nitrogen and oxygen atoms in total. The Morgan fingerprint density at radius 2 is 1.97 bits per heavy atom. The molecule has 1 fully saturated rings. The van der Waals surface area contributed by atoms with Gasteiger partial charge in [0.2, 0.25) is 5.91 Å². The molecule has 0 unspecified atom stereocenters. The lowest BCUT2D eigenvalue weighted by atomic mass is 10.0. The predicted octanol–water partition coefficient (Wildman–Crippen LogP) is 3.44. The van der Waals surface area contributed by atoms with Gasteiger partial charge in [-0.1, -0.05) is 0 Å². The molecule has 0 radical (unpaired) electrons. The molecule has 0 spiro atoms. The Balaban J connectivity index is 1.59. The number of thiophene rings is 1. The smallest absolute Gasteiger partial charge is 0.266 e. The van der Waals surface area contributed by atoms with E-state index in [-0.39, 0.29) is 30.0 Å². The van der Waals surface area contributed by atoms with Crippen LogP contribution in [0.5, 0.6) is 11.5 Å². The van der Waals surface area contributed by atoms with E-state index in [2.05, 4.69) is 10.3 Å². The van der Waals surface area contributed by atoms with Gasteiger partial charge in [0, 0.05) is 24.3 Å². The molecule has 34 heavy (non-hydrogen) atoms. The summed E-state index contributed by atoms with van der Waals surface area (Å²) in [6, 6.07) is 5.24. The van der Waals surface area contributed by atoms with Gasteiger partial charge in [-0.25, -0.2) is 4.98 Å². The normalized spacial score (nSPS) is 15.9. The molecule has 1 aliphatic rings. The quantitative estimate of drug-likeness (QED) is 0.575. The second kappa shape index (κ2) is 9.84. The maximum absolute atomic E-state index is 13.2. The van der Waals surface area contributed by atoms with Gasteiger partial charge in [0.05, 0.1) is 30.8 Å². The molecular formula is C24H28N4O5S. The third-order valence-corrected chi connectivity index (χ3v) is 7.39.